The molecule has 1 atom stereocenters. The Morgan fingerprint density at radius 3 is 2.62 bits per heavy atom. The monoisotopic (exact) mass is 420 g/mol. The summed E-state index contributed by atoms with van der Waals surface area (Å²) in [6, 6.07) is 7.15. The molecule has 0 saturated heterocycles. The largest absolute Gasteiger partial charge is 0.463 e. The molecule has 2 rings (SSSR count). The molecule has 0 saturated carbocycles. The maximum absolute atomic E-state index is 12.9. The van der Waals surface area contributed by atoms with Gasteiger partial charge in [-0.25, -0.2) is 4.79 Å². The van der Waals surface area contributed by atoms with Crippen molar-refractivity contribution in [2.75, 3.05) is 19.7 Å². The van der Waals surface area contributed by atoms with Crippen LogP contribution in [0.3, 0.4) is 0 Å². The van der Waals surface area contributed by atoms with Crippen LogP contribution in [0.2, 0.25) is 5.02 Å². The van der Waals surface area contributed by atoms with Crippen LogP contribution in [-0.2, 0) is 19.1 Å². The van der Waals surface area contributed by atoms with Gasteiger partial charge in [-0.3, -0.25) is 9.59 Å². The van der Waals surface area contributed by atoms with E-state index in [0.717, 1.165) is 6.42 Å². The average molecular weight is 421 g/mol. The lowest BCUT2D eigenvalue weighted by Gasteiger charge is -2.34. The first-order valence-corrected chi connectivity index (χ1v) is 10.3. The number of benzene rings is 1. The predicted molar refractivity (Wildman–Crippen MR) is 112 cm³/mol. The maximum Gasteiger partial charge on any atom is 0.336 e. The first-order valence-electron chi connectivity index (χ1n) is 9.95. The van der Waals surface area contributed by atoms with E-state index in [-0.39, 0.29) is 31.4 Å². The van der Waals surface area contributed by atoms with Gasteiger partial charge in [0.05, 0.1) is 12.2 Å². The predicted octanol–water partition coefficient (Wildman–Crippen LogP) is 3.66. The molecule has 0 aliphatic carbocycles. The van der Waals surface area contributed by atoms with Crippen molar-refractivity contribution in [3.05, 3.63) is 46.1 Å². The third-order valence-electron chi connectivity index (χ3n) is 4.94. The van der Waals surface area contributed by atoms with Crippen molar-refractivity contribution in [3.63, 3.8) is 0 Å². The highest BCUT2D eigenvalue weighted by Gasteiger charge is 2.38. The quantitative estimate of drug-likeness (QED) is 0.651. The minimum absolute atomic E-state index is 0.0501. The zero-order chi connectivity index (χ0) is 21.6. The summed E-state index contributed by atoms with van der Waals surface area (Å²) in [5, 5.41) is 3.32. The number of nitrogens with zero attached hydrogens (tertiary/aromatic N) is 1. The minimum atomic E-state index is -0.504. The molecule has 0 bridgehead atoms. The Kier molecular flexibility index (Phi) is 8.26. The van der Waals surface area contributed by atoms with E-state index in [0.29, 0.717) is 34.3 Å². The fraction of sp³-hybridized carbons (Fsp3) is 0.500. The molecule has 0 radical (unpaired) electrons. The Labute approximate surface area is 177 Å². The van der Waals surface area contributed by atoms with E-state index in [1.807, 2.05) is 6.07 Å². The van der Waals surface area contributed by atoms with Crippen molar-refractivity contribution >= 4 is 29.4 Å². The number of carbonyl (C=O) groups is 3. The number of halogens is 1. The number of esters is 1. The molecule has 0 unspecified atom stereocenters. The summed E-state index contributed by atoms with van der Waals surface area (Å²) in [6.07, 6.45) is 0.908. The average Bonchev–Trinajstić information content (AvgIpc) is 2.65. The van der Waals surface area contributed by atoms with Gasteiger partial charge in [-0.15, -0.1) is 0 Å². The van der Waals surface area contributed by atoms with Crippen LogP contribution in [0.1, 0.15) is 52.0 Å². The molecule has 1 heterocycles. The third kappa shape index (κ3) is 5.82. The number of nitrogens with one attached hydrogen (secondary N) is 1. The lowest BCUT2D eigenvalue weighted by molar-refractivity contribution is -0.141. The molecule has 7 heteroatoms. The van der Waals surface area contributed by atoms with Crippen LogP contribution < -0.4 is 5.32 Å². The number of amides is 2. The lowest BCUT2D eigenvalue weighted by atomic mass is 9.83. The second-order valence-electron chi connectivity index (χ2n) is 7.51. The number of rotatable bonds is 8. The SMILES string of the molecule is CCOC(=O)C1=C(C)N(CC(=O)NCCC(C)C)C(=O)C[C@@H]1c1ccccc1Cl. The molecule has 1 aromatic rings. The summed E-state index contributed by atoms with van der Waals surface area (Å²) >= 11 is 6.34. The molecule has 1 N–H and O–H groups in total. The highest BCUT2D eigenvalue weighted by atomic mass is 35.5. The van der Waals surface area contributed by atoms with Crippen molar-refractivity contribution in [1.82, 2.24) is 10.2 Å². The topological polar surface area (TPSA) is 75.7 Å². The number of ether oxygens (including phenoxy) is 1. The summed E-state index contributed by atoms with van der Waals surface area (Å²) in [7, 11) is 0. The fourth-order valence-electron chi connectivity index (χ4n) is 3.40. The Morgan fingerprint density at radius 1 is 1.31 bits per heavy atom. The minimum Gasteiger partial charge on any atom is -0.463 e. The van der Waals surface area contributed by atoms with Crippen LogP contribution in [0.25, 0.3) is 0 Å². The van der Waals surface area contributed by atoms with Crippen LogP contribution in [-0.4, -0.2) is 42.4 Å². The van der Waals surface area contributed by atoms with Crippen LogP contribution in [0.15, 0.2) is 35.5 Å². The lowest BCUT2D eigenvalue weighted by Crippen LogP contribution is -2.44. The fourth-order valence-corrected chi connectivity index (χ4v) is 3.67. The van der Waals surface area contributed by atoms with E-state index in [1.165, 1.54) is 4.90 Å². The number of hydrogen-bond acceptors (Lipinski definition) is 4. The molecule has 0 spiro atoms. The van der Waals surface area contributed by atoms with Gasteiger partial charge < -0.3 is 15.0 Å². The van der Waals surface area contributed by atoms with Crippen LogP contribution in [0, 0.1) is 5.92 Å². The molecule has 158 valence electrons. The number of allylic oxidation sites excluding steroid dienone is 1. The molecule has 2 amide bonds. The van der Waals surface area contributed by atoms with Gasteiger partial charge in [0.1, 0.15) is 6.54 Å². The summed E-state index contributed by atoms with van der Waals surface area (Å²) in [4.78, 5) is 39.3. The Morgan fingerprint density at radius 2 is 2.00 bits per heavy atom. The standard InChI is InChI=1S/C22H29ClN2O4/c1-5-29-22(28)21-15(4)25(13-19(26)24-11-10-14(2)3)20(27)12-17(21)16-8-6-7-9-18(16)23/h6-9,14,17H,5,10-13H2,1-4H3,(H,24,26)/t17-/m1/s1. The van der Waals surface area contributed by atoms with Crippen molar-refractivity contribution < 1.29 is 19.1 Å². The molecule has 6 nitrogen and oxygen atoms in total. The number of carbonyl (C=O) groups excluding carboxylic acids is 3. The van der Waals surface area contributed by atoms with E-state index >= 15 is 0 Å². The Hall–Kier alpha value is -2.34. The van der Waals surface area contributed by atoms with E-state index in [9.17, 15) is 14.4 Å². The maximum atomic E-state index is 12.9. The van der Waals surface area contributed by atoms with Crippen molar-refractivity contribution in [3.8, 4) is 0 Å². The van der Waals surface area contributed by atoms with Crippen LogP contribution in [0.4, 0.5) is 0 Å². The van der Waals surface area contributed by atoms with Gasteiger partial charge in [0.15, 0.2) is 0 Å². The number of hydrogen-bond donors (Lipinski definition) is 1. The van der Waals surface area contributed by atoms with Gasteiger partial charge in [-0.05, 0) is 37.8 Å². The summed E-state index contributed by atoms with van der Waals surface area (Å²) in [6.45, 7) is 8.20. The molecule has 1 aromatic carbocycles. The van der Waals surface area contributed by atoms with Gasteiger partial charge in [0.25, 0.3) is 0 Å². The van der Waals surface area contributed by atoms with Gasteiger partial charge in [0.2, 0.25) is 11.8 Å². The molecule has 1 aliphatic rings. The second-order valence-corrected chi connectivity index (χ2v) is 7.92. The first kappa shape index (κ1) is 22.9. The van der Waals surface area contributed by atoms with Crippen LogP contribution in [0.5, 0.6) is 0 Å². The molecule has 29 heavy (non-hydrogen) atoms. The zero-order valence-electron chi connectivity index (χ0n) is 17.5. The highest BCUT2D eigenvalue weighted by Crippen LogP contribution is 2.39. The van der Waals surface area contributed by atoms with Crippen molar-refractivity contribution in [2.24, 2.45) is 5.92 Å². The zero-order valence-corrected chi connectivity index (χ0v) is 18.2. The first-order chi connectivity index (χ1) is 13.8. The van der Waals surface area contributed by atoms with Gasteiger partial charge in [-0.1, -0.05) is 43.6 Å². The summed E-state index contributed by atoms with van der Waals surface area (Å²) in [5.41, 5.74) is 1.50. The van der Waals surface area contributed by atoms with Crippen molar-refractivity contribution in [2.45, 2.75) is 46.5 Å². The van der Waals surface area contributed by atoms with E-state index in [4.69, 9.17) is 16.3 Å². The van der Waals surface area contributed by atoms with E-state index in [1.54, 1.807) is 32.0 Å². The molecular weight excluding hydrogens is 392 g/mol. The van der Waals surface area contributed by atoms with E-state index < -0.39 is 11.9 Å². The normalized spacial score (nSPS) is 17.0. The Bertz CT molecular complexity index is 804. The smallest absolute Gasteiger partial charge is 0.336 e. The van der Waals surface area contributed by atoms with Gasteiger partial charge >= 0.3 is 5.97 Å². The summed E-state index contributed by atoms with van der Waals surface area (Å²) < 4.78 is 5.24. The molecule has 1 aliphatic heterocycles. The van der Waals surface area contributed by atoms with Gasteiger partial charge in [0, 0.05) is 29.6 Å². The van der Waals surface area contributed by atoms with Crippen molar-refractivity contribution in [1.29, 1.82) is 0 Å². The molecule has 0 aromatic heterocycles. The molecule has 0 fully saturated rings. The van der Waals surface area contributed by atoms with Gasteiger partial charge in [-0.2, -0.15) is 0 Å². The second kappa shape index (κ2) is 10.4. The highest BCUT2D eigenvalue weighted by molar-refractivity contribution is 6.31. The summed E-state index contributed by atoms with van der Waals surface area (Å²) in [5.74, 6) is -0.999. The third-order valence-corrected chi connectivity index (χ3v) is 5.29. The molecular formula is C22H29ClN2O4. The Balaban J connectivity index is 2.33. The van der Waals surface area contributed by atoms with E-state index in [2.05, 4.69) is 19.2 Å². The van der Waals surface area contributed by atoms with Crippen LogP contribution >= 0.6 is 11.6 Å².